The van der Waals surface area contributed by atoms with Gasteiger partial charge in [0.1, 0.15) is 11.9 Å². The molecular weight excluding hydrogens is 365 g/mol. The lowest BCUT2D eigenvalue weighted by molar-refractivity contribution is 0.0399. The van der Waals surface area contributed by atoms with Gasteiger partial charge >= 0.3 is 0 Å². The fraction of sp³-hybridized carbons (Fsp3) is 0.733. The molecular formula is C15H24IN3O. The van der Waals surface area contributed by atoms with Crippen LogP contribution in [-0.2, 0) is 11.2 Å². The van der Waals surface area contributed by atoms with E-state index in [0.717, 1.165) is 46.9 Å². The van der Waals surface area contributed by atoms with Gasteiger partial charge < -0.3 is 10.1 Å². The molecule has 1 aliphatic rings. The first-order valence-corrected chi connectivity index (χ1v) is 8.70. The van der Waals surface area contributed by atoms with E-state index in [9.17, 15) is 0 Å². The Hall–Kier alpha value is -0.430. The SMILES string of the molecule is CCCc1nc(C(OCC)C2CC2)nc(NCC)c1I. The van der Waals surface area contributed by atoms with E-state index >= 15 is 0 Å². The number of hydrogen-bond acceptors (Lipinski definition) is 4. The molecule has 20 heavy (non-hydrogen) atoms. The molecule has 5 heteroatoms. The normalized spacial score (nSPS) is 16.2. The van der Waals surface area contributed by atoms with Crippen molar-refractivity contribution < 1.29 is 4.74 Å². The van der Waals surface area contributed by atoms with Gasteiger partial charge in [-0.2, -0.15) is 0 Å². The van der Waals surface area contributed by atoms with Crippen LogP contribution in [0.15, 0.2) is 0 Å². The molecule has 1 N–H and O–H groups in total. The minimum Gasteiger partial charge on any atom is -0.370 e. The number of hydrogen-bond donors (Lipinski definition) is 1. The van der Waals surface area contributed by atoms with Crippen LogP contribution in [-0.4, -0.2) is 23.1 Å². The lowest BCUT2D eigenvalue weighted by Crippen LogP contribution is -2.16. The smallest absolute Gasteiger partial charge is 0.160 e. The maximum Gasteiger partial charge on any atom is 0.160 e. The molecule has 1 fully saturated rings. The van der Waals surface area contributed by atoms with Crippen LogP contribution < -0.4 is 5.32 Å². The zero-order valence-electron chi connectivity index (χ0n) is 12.6. The maximum absolute atomic E-state index is 5.90. The summed E-state index contributed by atoms with van der Waals surface area (Å²) >= 11 is 2.35. The van der Waals surface area contributed by atoms with Crippen LogP contribution in [0.1, 0.15) is 57.7 Å². The molecule has 1 aliphatic carbocycles. The summed E-state index contributed by atoms with van der Waals surface area (Å²) in [6.45, 7) is 7.92. The standard InChI is InChI=1S/C15H24IN3O/c1-4-7-11-12(16)14(17-5-2)19-15(18-11)13(20-6-3)10-8-9-10/h10,13H,4-9H2,1-3H3,(H,17,18,19). The molecule has 0 aromatic carbocycles. The van der Waals surface area contributed by atoms with Crippen molar-refractivity contribution in [1.82, 2.24) is 9.97 Å². The first kappa shape index (κ1) is 15.9. The van der Waals surface area contributed by atoms with Gasteiger partial charge in [-0.3, -0.25) is 0 Å². The number of nitrogens with zero attached hydrogens (tertiary/aromatic N) is 2. The first-order valence-electron chi connectivity index (χ1n) is 7.62. The Kier molecular flexibility index (Phi) is 6.01. The van der Waals surface area contributed by atoms with E-state index in [1.165, 1.54) is 12.8 Å². The van der Waals surface area contributed by atoms with Gasteiger partial charge in [-0.05, 0) is 61.6 Å². The van der Waals surface area contributed by atoms with Gasteiger partial charge in [-0.15, -0.1) is 0 Å². The fourth-order valence-corrected chi connectivity index (χ4v) is 3.03. The van der Waals surface area contributed by atoms with Crippen LogP contribution in [0.2, 0.25) is 0 Å². The van der Waals surface area contributed by atoms with Crippen LogP contribution >= 0.6 is 22.6 Å². The highest BCUT2D eigenvalue weighted by molar-refractivity contribution is 14.1. The second-order valence-corrected chi connectivity index (χ2v) is 6.26. The summed E-state index contributed by atoms with van der Waals surface area (Å²) in [4.78, 5) is 9.53. The van der Waals surface area contributed by atoms with E-state index in [1.807, 2.05) is 6.92 Å². The molecule has 0 bridgehead atoms. The van der Waals surface area contributed by atoms with Crippen molar-refractivity contribution in [2.45, 2.75) is 52.6 Å². The summed E-state index contributed by atoms with van der Waals surface area (Å²) in [5.74, 6) is 2.44. The topological polar surface area (TPSA) is 47.0 Å². The summed E-state index contributed by atoms with van der Waals surface area (Å²) in [6, 6.07) is 0. The van der Waals surface area contributed by atoms with Crippen molar-refractivity contribution in [3.05, 3.63) is 15.1 Å². The Morgan fingerprint density at radius 3 is 2.60 bits per heavy atom. The third kappa shape index (κ3) is 3.81. The number of ether oxygens (including phenoxy) is 1. The summed E-state index contributed by atoms with van der Waals surface area (Å²) < 4.78 is 7.06. The van der Waals surface area contributed by atoms with Crippen molar-refractivity contribution in [2.24, 2.45) is 5.92 Å². The molecule has 0 amide bonds. The Bertz CT molecular complexity index is 422. The van der Waals surface area contributed by atoms with Crippen LogP contribution in [0.5, 0.6) is 0 Å². The molecule has 1 unspecified atom stereocenters. The van der Waals surface area contributed by atoms with Crippen molar-refractivity contribution in [1.29, 1.82) is 0 Å². The first-order chi connectivity index (χ1) is 9.71. The Labute approximate surface area is 135 Å². The van der Waals surface area contributed by atoms with Gasteiger partial charge in [0.25, 0.3) is 0 Å². The van der Waals surface area contributed by atoms with Crippen LogP contribution in [0, 0.1) is 9.49 Å². The molecule has 0 spiro atoms. The van der Waals surface area contributed by atoms with Crippen molar-refractivity contribution >= 4 is 28.4 Å². The molecule has 1 aromatic rings. The Morgan fingerprint density at radius 2 is 2.05 bits per heavy atom. The van der Waals surface area contributed by atoms with Gasteiger partial charge in [-0.1, -0.05) is 13.3 Å². The zero-order chi connectivity index (χ0) is 14.5. The summed E-state index contributed by atoms with van der Waals surface area (Å²) in [7, 11) is 0. The van der Waals surface area contributed by atoms with Crippen LogP contribution in [0.25, 0.3) is 0 Å². The molecule has 2 rings (SSSR count). The molecule has 112 valence electrons. The predicted molar refractivity (Wildman–Crippen MR) is 90.0 cm³/mol. The van der Waals surface area contributed by atoms with E-state index < -0.39 is 0 Å². The van der Waals surface area contributed by atoms with Gasteiger partial charge in [0.05, 0.1) is 9.26 Å². The van der Waals surface area contributed by atoms with E-state index in [-0.39, 0.29) is 6.10 Å². The molecule has 4 nitrogen and oxygen atoms in total. The minimum absolute atomic E-state index is 0.0741. The molecule has 1 heterocycles. The number of halogens is 1. The average molecular weight is 389 g/mol. The third-order valence-corrected chi connectivity index (χ3v) is 4.55. The number of aryl methyl sites for hydroxylation is 1. The van der Waals surface area contributed by atoms with Gasteiger partial charge in [0.2, 0.25) is 0 Å². The van der Waals surface area contributed by atoms with Gasteiger partial charge in [0.15, 0.2) is 5.82 Å². The van der Waals surface area contributed by atoms with Crippen molar-refractivity contribution in [3.63, 3.8) is 0 Å². The molecule has 1 saturated carbocycles. The number of anilines is 1. The molecule has 0 saturated heterocycles. The van der Waals surface area contributed by atoms with E-state index in [2.05, 4.69) is 41.8 Å². The second-order valence-electron chi connectivity index (χ2n) is 5.18. The average Bonchev–Trinajstić information content (AvgIpc) is 3.25. The van der Waals surface area contributed by atoms with E-state index in [0.29, 0.717) is 5.92 Å². The highest BCUT2D eigenvalue weighted by Gasteiger charge is 2.35. The highest BCUT2D eigenvalue weighted by Crippen LogP contribution is 2.42. The quantitative estimate of drug-likeness (QED) is 0.684. The third-order valence-electron chi connectivity index (χ3n) is 3.42. The molecule has 1 atom stereocenters. The summed E-state index contributed by atoms with van der Waals surface area (Å²) in [5, 5.41) is 3.36. The predicted octanol–water partition coefficient (Wildman–Crippen LogP) is 3.95. The minimum atomic E-state index is 0.0741. The zero-order valence-corrected chi connectivity index (χ0v) is 14.7. The van der Waals surface area contributed by atoms with Gasteiger partial charge in [0, 0.05) is 13.2 Å². The number of rotatable bonds is 8. The van der Waals surface area contributed by atoms with E-state index in [1.54, 1.807) is 0 Å². The second kappa shape index (κ2) is 7.54. The molecule has 0 radical (unpaired) electrons. The summed E-state index contributed by atoms with van der Waals surface area (Å²) in [5.41, 5.74) is 1.15. The Morgan fingerprint density at radius 1 is 1.30 bits per heavy atom. The van der Waals surface area contributed by atoms with Crippen LogP contribution in [0.3, 0.4) is 0 Å². The Balaban J connectivity index is 2.34. The highest BCUT2D eigenvalue weighted by atomic mass is 127. The van der Waals surface area contributed by atoms with Crippen molar-refractivity contribution in [2.75, 3.05) is 18.5 Å². The number of aromatic nitrogens is 2. The molecule has 1 aromatic heterocycles. The van der Waals surface area contributed by atoms with Crippen molar-refractivity contribution in [3.8, 4) is 0 Å². The largest absolute Gasteiger partial charge is 0.370 e. The molecule has 0 aliphatic heterocycles. The van der Waals surface area contributed by atoms with E-state index in [4.69, 9.17) is 14.7 Å². The lowest BCUT2D eigenvalue weighted by atomic mass is 10.2. The lowest BCUT2D eigenvalue weighted by Gasteiger charge is -2.18. The van der Waals surface area contributed by atoms with Crippen LogP contribution in [0.4, 0.5) is 5.82 Å². The summed E-state index contributed by atoms with van der Waals surface area (Å²) in [6.07, 6.45) is 4.64. The number of nitrogens with one attached hydrogen (secondary N) is 1. The maximum atomic E-state index is 5.90. The monoisotopic (exact) mass is 389 g/mol. The fourth-order valence-electron chi connectivity index (χ4n) is 2.33. The van der Waals surface area contributed by atoms with Gasteiger partial charge in [-0.25, -0.2) is 9.97 Å².